The quantitative estimate of drug-likeness (QED) is 0.785. The van der Waals surface area contributed by atoms with Crippen molar-refractivity contribution < 1.29 is 9.59 Å². The average molecular weight is 281 g/mol. The topological polar surface area (TPSA) is 52.7 Å². The van der Waals surface area contributed by atoms with Gasteiger partial charge in [-0.15, -0.1) is 0 Å². The molecule has 0 aromatic heterocycles. The van der Waals surface area contributed by atoms with Gasteiger partial charge in [0.1, 0.15) is 0 Å². The summed E-state index contributed by atoms with van der Waals surface area (Å²) in [5, 5.41) is 3.40. The molecule has 2 aliphatic heterocycles. The van der Waals surface area contributed by atoms with Gasteiger partial charge >= 0.3 is 0 Å². The molecule has 0 aromatic carbocycles. The molecule has 2 fully saturated rings. The van der Waals surface area contributed by atoms with E-state index in [2.05, 4.69) is 12.2 Å². The zero-order valence-corrected chi connectivity index (χ0v) is 12.6. The summed E-state index contributed by atoms with van der Waals surface area (Å²) in [6, 6.07) is 0. The van der Waals surface area contributed by atoms with E-state index in [4.69, 9.17) is 0 Å². The first-order chi connectivity index (χ1) is 9.70. The molecule has 5 heteroatoms. The zero-order valence-electron chi connectivity index (χ0n) is 12.6. The number of rotatable bonds is 6. The number of nitrogens with zero attached hydrogens (tertiary/aromatic N) is 2. The third-order valence-electron chi connectivity index (χ3n) is 4.22. The summed E-state index contributed by atoms with van der Waals surface area (Å²) < 4.78 is 0. The van der Waals surface area contributed by atoms with Crippen LogP contribution < -0.4 is 5.32 Å². The van der Waals surface area contributed by atoms with Crippen molar-refractivity contribution >= 4 is 11.8 Å². The molecule has 2 heterocycles. The number of piperidine rings is 1. The minimum absolute atomic E-state index is 0.118. The maximum Gasteiger partial charge on any atom is 0.242 e. The fraction of sp³-hybridized carbons (Fsp3) is 0.867. The molecule has 2 rings (SSSR count). The lowest BCUT2D eigenvalue weighted by atomic mass is 9.99. The van der Waals surface area contributed by atoms with Gasteiger partial charge in [0, 0.05) is 26.1 Å². The molecular formula is C15H27N3O2. The van der Waals surface area contributed by atoms with Gasteiger partial charge in [-0.2, -0.15) is 0 Å². The molecule has 20 heavy (non-hydrogen) atoms. The first kappa shape index (κ1) is 15.3. The van der Waals surface area contributed by atoms with Crippen molar-refractivity contribution in [3.05, 3.63) is 0 Å². The molecule has 2 aliphatic rings. The van der Waals surface area contributed by atoms with E-state index in [1.165, 1.54) is 12.8 Å². The van der Waals surface area contributed by atoms with Gasteiger partial charge < -0.3 is 15.1 Å². The first-order valence-electron chi connectivity index (χ1n) is 7.97. The van der Waals surface area contributed by atoms with Crippen LogP contribution in [-0.4, -0.2) is 60.9 Å². The second-order valence-electron chi connectivity index (χ2n) is 5.97. The highest BCUT2D eigenvalue weighted by Gasteiger charge is 2.26. The van der Waals surface area contributed by atoms with Crippen LogP contribution in [0.25, 0.3) is 0 Å². The molecular weight excluding hydrogens is 254 g/mol. The normalized spacial score (nSPS) is 23.1. The summed E-state index contributed by atoms with van der Waals surface area (Å²) in [6.07, 6.45) is 4.87. The van der Waals surface area contributed by atoms with Gasteiger partial charge in [-0.25, -0.2) is 0 Å². The standard InChI is InChI=1S/C15H27N3O2/c1-2-8-17(11-13-5-3-7-16-10-13)15(20)12-18-9-4-6-14(18)19/h13,16H,2-12H2,1H3. The smallest absolute Gasteiger partial charge is 0.242 e. The fourth-order valence-corrected chi connectivity index (χ4v) is 3.11. The van der Waals surface area contributed by atoms with E-state index in [0.717, 1.165) is 45.6 Å². The van der Waals surface area contributed by atoms with Crippen molar-refractivity contribution in [2.75, 3.05) is 39.3 Å². The zero-order chi connectivity index (χ0) is 14.4. The molecule has 114 valence electrons. The largest absolute Gasteiger partial charge is 0.341 e. The molecule has 2 amide bonds. The molecule has 0 saturated carbocycles. The lowest BCUT2D eigenvalue weighted by Crippen LogP contribution is -2.45. The third kappa shape index (κ3) is 4.20. The maximum atomic E-state index is 12.4. The summed E-state index contributed by atoms with van der Waals surface area (Å²) in [5.41, 5.74) is 0. The molecule has 0 aliphatic carbocycles. The molecule has 2 saturated heterocycles. The van der Waals surface area contributed by atoms with Gasteiger partial charge in [-0.05, 0) is 44.7 Å². The summed E-state index contributed by atoms with van der Waals surface area (Å²) in [5.74, 6) is 0.815. The summed E-state index contributed by atoms with van der Waals surface area (Å²) >= 11 is 0. The van der Waals surface area contributed by atoms with E-state index >= 15 is 0 Å². The van der Waals surface area contributed by atoms with Crippen molar-refractivity contribution in [1.82, 2.24) is 15.1 Å². The number of carbonyl (C=O) groups excluding carboxylic acids is 2. The molecule has 0 radical (unpaired) electrons. The highest BCUT2D eigenvalue weighted by Crippen LogP contribution is 2.14. The second-order valence-corrected chi connectivity index (χ2v) is 5.97. The highest BCUT2D eigenvalue weighted by molar-refractivity contribution is 5.85. The molecule has 0 spiro atoms. The van der Waals surface area contributed by atoms with Crippen LogP contribution in [0.3, 0.4) is 0 Å². The second kappa shape index (κ2) is 7.62. The lowest BCUT2D eigenvalue weighted by Gasteiger charge is -2.31. The van der Waals surface area contributed by atoms with Crippen molar-refractivity contribution in [2.24, 2.45) is 5.92 Å². The van der Waals surface area contributed by atoms with E-state index in [0.29, 0.717) is 12.3 Å². The van der Waals surface area contributed by atoms with Gasteiger partial charge in [0.15, 0.2) is 0 Å². The van der Waals surface area contributed by atoms with Gasteiger partial charge in [0.25, 0.3) is 0 Å². The van der Waals surface area contributed by atoms with Crippen LogP contribution in [0, 0.1) is 5.92 Å². The number of hydrogen-bond acceptors (Lipinski definition) is 3. The Morgan fingerprint density at radius 2 is 2.30 bits per heavy atom. The third-order valence-corrected chi connectivity index (χ3v) is 4.22. The summed E-state index contributed by atoms with van der Waals surface area (Å²) in [6.45, 7) is 6.87. The number of carbonyl (C=O) groups is 2. The lowest BCUT2D eigenvalue weighted by molar-refractivity contribution is -0.138. The van der Waals surface area contributed by atoms with Crippen molar-refractivity contribution in [2.45, 2.75) is 39.0 Å². The van der Waals surface area contributed by atoms with Gasteiger partial charge in [0.05, 0.1) is 6.54 Å². The number of nitrogens with one attached hydrogen (secondary N) is 1. The number of hydrogen-bond donors (Lipinski definition) is 1. The monoisotopic (exact) mass is 281 g/mol. The van der Waals surface area contributed by atoms with Crippen LogP contribution in [0.5, 0.6) is 0 Å². The molecule has 5 nitrogen and oxygen atoms in total. The van der Waals surface area contributed by atoms with Crippen LogP contribution in [0.1, 0.15) is 39.0 Å². The maximum absolute atomic E-state index is 12.4. The Labute approximate surface area is 121 Å². The van der Waals surface area contributed by atoms with E-state index in [9.17, 15) is 9.59 Å². The Kier molecular flexibility index (Phi) is 5.83. The summed E-state index contributed by atoms with van der Waals surface area (Å²) in [4.78, 5) is 27.7. The van der Waals surface area contributed by atoms with Gasteiger partial charge in [-0.3, -0.25) is 9.59 Å². The Balaban J connectivity index is 1.85. The average Bonchev–Trinajstić information content (AvgIpc) is 2.85. The molecule has 0 bridgehead atoms. The van der Waals surface area contributed by atoms with Crippen molar-refractivity contribution in [1.29, 1.82) is 0 Å². The Morgan fingerprint density at radius 1 is 1.45 bits per heavy atom. The van der Waals surface area contributed by atoms with Crippen molar-refractivity contribution in [3.8, 4) is 0 Å². The molecule has 1 atom stereocenters. The van der Waals surface area contributed by atoms with Crippen molar-refractivity contribution in [3.63, 3.8) is 0 Å². The van der Waals surface area contributed by atoms with Crippen LogP contribution in [0.15, 0.2) is 0 Å². The van der Waals surface area contributed by atoms with Gasteiger partial charge in [-0.1, -0.05) is 6.92 Å². The van der Waals surface area contributed by atoms with E-state index in [-0.39, 0.29) is 18.4 Å². The van der Waals surface area contributed by atoms with Gasteiger partial charge in [0.2, 0.25) is 11.8 Å². The summed E-state index contributed by atoms with van der Waals surface area (Å²) in [7, 11) is 0. The Hall–Kier alpha value is -1.10. The highest BCUT2D eigenvalue weighted by atomic mass is 16.2. The first-order valence-corrected chi connectivity index (χ1v) is 7.97. The Bertz CT molecular complexity index is 340. The molecule has 0 aromatic rings. The predicted molar refractivity (Wildman–Crippen MR) is 78.3 cm³/mol. The van der Waals surface area contributed by atoms with Crippen LogP contribution in [0.2, 0.25) is 0 Å². The molecule has 1 N–H and O–H groups in total. The minimum atomic E-state index is 0.118. The minimum Gasteiger partial charge on any atom is -0.341 e. The van der Waals surface area contributed by atoms with E-state index < -0.39 is 0 Å². The van der Waals surface area contributed by atoms with E-state index in [1.54, 1.807) is 4.90 Å². The van der Waals surface area contributed by atoms with Crippen LogP contribution in [0.4, 0.5) is 0 Å². The number of likely N-dealkylation sites (tertiary alicyclic amines) is 1. The fourth-order valence-electron chi connectivity index (χ4n) is 3.11. The molecule has 1 unspecified atom stereocenters. The van der Waals surface area contributed by atoms with Crippen LogP contribution in [-0.2, 0) is 9.59 Å². The van der Waals surface area contributed by atoms with E-state index in [1.807, 2.05) is 4.90 Å². The number of amides is 2. The van der Waals surface area contributed by atoms with Crippen LogP contribution >= 0.6 is 0 Å². The SMILES string of the molecule is CCCN(CC1CCCNC1)C(=O)CN1CCCC1=O. The Morgan fingerprint density at radius 3 is 2.90 bits per heavy atom. The predicted octanol–water partition coefficient (Wildman–Crippen LogP) is 0.847.